The molecule has 1 aromatic rings. The summed E-state index contributed by atoms with van der Waals surface area (Å²) >= 11 is 1.83. The van der Waals surface area contributed by atoms with Crippen molar-refractivity contribution in [2.24, 2.45) is 4.99 Å². The van der Waals surface area contributed by atoms with Gasteiger partial charge in [0.25, 0.3) is 0 Å². The second-order valence-electron chi connectivity index (χ2n) is 7.13. The lowest BCUT2D eigenvalue weighted by atomic mass is 10.1. The van der Waals surface area contributed by atoms with Crippen LogP contribution in [-0.4, -0.2) is 76.4 Å². The molecular formula is C19H33N5OS. The molecule has 0 radical (unpaired) electrons. The molecule has 7 heteroatoms. The molecular weight excluding hydrogens is 346 g/mol. The molecule has 146 valence electrons. The largest absolute Gasteiger partial charge is 0.383 e. The van der Waals surface area contributed by atoms with E-state index < -0.39 is 0 Å². The Balaban J connectivity index is 1.40. The fourth-order valence-corrected chi connectivity index (χ4v) is 4.71. The Morgan fingerprint density at radius 3 is 2.85 bits per heavy atom. The molecule has 3 rings (SSSR count). The zero-order chi connectivity index (χ0) is 18.2. The van der Waals surface area contributed by atoms with Gasteiger partial charge in [-0.3, -0.25) is 9.89 Å². The van der Waals surface area contributed by atoms with Crippen molar-refractivity contribution in [1.82, 2.24) is 15.5 Å². The van der Waals surface area contributed by atoms with E-state index in [2.05, 4.69) is 42.9 Å². The number of aliphatic imine (C=N–C) groups is 1. The van der Waals surface area contributed by atoms with Crippen LogP contribution in [0.4, 0.5) is 5.00 Å². The van der Waals surface area contributed by atoms with E-state index >= 15 is 0 Å². The fraction of sp³-hybridized carbons (Fsp3) is 0.737. The lowest BCUT2D eigenvalue weighted by Gasteiger charge is -2.34. The van der Waals surface area contributed by atoms with Gasteiger partial charge in [0.05, 0.1) is 11.6 Å². The van der Waals surface area contributed by atoms with E-state index in [1.807, 2.05) is 18.4 Å². The van der Waals surface area contributed by atoms with Gasteiger partial charge in [-0.25, -0.2) is 0 Å². The average Bonchev–Trinajstić information content (AvgIpc) is 3.36. The van der Waals surface area contributed by atoms with E-state index in [1.165, 1.54) is 24.4 Å². The molecule has 2 N–H and O–H groups in total. The number of rotatable bonds is 7. The van der Waals surface area contributed by atoms with Crippen LogP contribution in [0.25, 0.3) is 0 Å². The lowest BCUT2D eigenvalue weighted by Crippen LogP contribution is -2.51. The Kier molecular flexibility index (Phi) is 7.58. The van der Waals surface area contributed by atoms with Crippen molar-refractivity contribution < 1.29 is 4.74 Å². The second kappa shape index (κ2) is 10.1. The predicted molar refractivity (Wildman–Crippen MR) is 111 cm³/mol. The molecule has 2 saturated heterocycles. The number of nitrogens with zero attached hydrogens (tertiary/aromatic N) is 3. The molecule has 2 aliphatic heterocycles. The molecule has 1 atom stereocenters. The van der Waals surface area contributed by atoms with E-state index in [9.17, 15) is 0 Å². The number of guanidine groups is 1. The number of hydrogen-bond donors (Lipinski definition) is 2. The molecule has 0 aromatic carbocycles. The minimum Gasteiger partial charge on any atom is -0.383 e. The van der Waals surface area contributed by atoms with Crippen LogP contribution in [0.1, 0.15) is 25.7 Å². The van der Waals surface area contributed by atoms with Crippen LogP contribution < -0.4 is 15.5 Å². The van der Waals surface area contributed by atoms with E-state index in [4.69, 9.17) is 4.74 Å². The van der Waals surface area contributed by atoms with Crippen LogP contribution in [0.2, 0.25) is 0 Å². The Bertz CT molecular complexity index is 542. The van der Waals surface area contributed by atoms with E-state index in [1.54, 1.807) is 7.11 Å². The van der Waals surface area contributed by atoms with Crippen LogP contribution in [0.3, 0.4) is 0 Å². The first-order chi connectivity index (χ1) is 12.8. The molecule has 1 unspecified atom stereocenters. The van der Waals surface area contributed by atoms with Gasteiger partial charge < -0.3 is 20.3 Å². The minimum atomic E-state index is 0.505. The fourth-order valence-electron chi connectivity index (χ4n) is 3.93. The summed E-state index contributed by atoms with van der Waals surface area (Å²) in [5, 5.41) is 10.7. The first-order valence-corrected chi connectivity index (χ1v) is 10.7. The lowest BCUT2D eigenvalue weighted by molar-refractivity contribution is 0.141. The maximum atomic E-state index is 5.23. The molecule has 0 aliphatic carbocycles. The SMILES string of the molecule is CN=C(NCC1CCCN1CCOC)NC1CCN(c2cccs2)CC1. The van der Waals surface area contributed by atoms with Crippen LogP contribution in [0.5, 0.6) is 0 Å². The van der Waals surface area contributed by atoms with Crippen molar-refractivity contribution in [1.29, 1.82) is 0 Å². The summed E-state index contributed by atoms with van der Waals surface area (Å²) in [6.07, 6.45) is 4.85. The van der Waals surface area contributed by atoms with Crippen LogP contribution in [-0.2, 0) is 4.74 Å². The number of anilines is 1. The summed E-state index contributed by atoms with van der Waals surface area (Å²) in [6, 6.07) is 5.44. The molecule has 26 heavy (non-hydrogen) atoms. The molecule has 6 nitrogen and oxygen atoms in total. The van der Waals surface area contributed by atoms with Crippen LogP contribution >= 0.6 is 11.3 Å². The van der Waals surface area contributed by atoms with Gasteiger partial charge in [-0.1, -0.05) is 0 Å². The summed E-state index contributed by atoms with van der Waals surface area (Å²) in [4.78, 5) is 9.46. The standard InChI is InChI=1S/C19H33N5OS/c1-20-19(21-15-17-5-3-9-23(17)12-13-25-2)22-16-7-10-24(11-8-16)18-6-4-14-26-18/h4,6,14,16-17H,3,5,7-13,15H2,1-2H3,(H2,20,21,22). The zero-order valence-electron chi connectivity index (χ0n) is 16.1. The Morgan fingerprint density at radius 2 is 2.15 bits per heavy atom. The van der Waals surface area contributed by atoms with Gasteiger partial charge in [-0.05, 0) is 49.7 Å². The van der Waals surface area contributed by atoms with Crippen molar-refractivity contribution in [3.63, 3.8) is 0 Å². The van der Waals surface area contributed by atoms with E-state index in [-0.39, 0.29) is 0 Å². The van der Waals surface area contributed by atoms with Gasteiger partial charge in [-0.2, -0.15) is 0 Å². The Hall–Kier alpha value is -1.31. The van der Waals surface area contributed by atoms with Crippen molar-refractivity contribution in [3.05, 3.63) is 17.5 Å². The van der Waals surface area contributed by atoms with Gasteiger partial charge in [0.15, 0.2) is 5.96 Å². The van der Waals surface area contributed by atoms with Crippen molar-refractivity contribution >= 4 is 22.3 Å². The monoisotopic (exact) mass is 379 g/mol. The number of ether oxygens (including phenoxy) is 1. The molecule has 2 fully saturated rings. The first kappa shape index (κ1) is 19.5. The third kappa shape index (κ3) is 5.34. The molecule has 2 aliphatic rings. The van der Waals surface area contributed by atoms with Gasteiger partial charge in [0, 0.05) is 52.4 Å². The van der Waals surface area contributed by atoms with Crippen LogP contribution in [0, 0.1) is 0 Å². The van der Waals surface area contributed by atoms with Crippen molar-refractivity contribution in [2.45, 2.75) is 37.8 Å². The number of nitrogens with one attached hydrogen (secondary N) is 2. The van der Waals surface area contributed by atoms with Gasteiger partial charge in [-0.15, -0.1) is 11.3 Å². The Morgan fingerprint density at radius 1 is 1.31 bits per heavy atom. The van der Waals surface area contributed by atoms with Gasteiger partial charge in [0.2, 0.25) is 0 Å². The predicted octanol–water partition coefficient (Wildman–Crippen LogP) is 1.99. The molecule has 0 bridgehead atoms. The smallest absolute Gasteiger partial charge is 0.191 e. The molecule has 0 saturated carbocycles. The van der Waals surface area contributed by atoms with Crippen molar-refractivity contribution in [3.8, 4) is 0 Å². The summed E-state index contributed by atoms with van der Waals surface area (Å²) in [5.41, 5.74) is 0. The molecule has 0 spiro atoms. The highest BCUT2D eigenvalue weighted by atomic mass is 32.1. The van der Waals surface area contributed by atoms with Gasteiger partial charge >= 0.3 is 0 Å². The summed E-state index contributed by atoms with van der Waals surface area (Å²) in [7, 11) is 3.65. The summed E-state index contributed by atoms with van der Waals surface area (Å²) < 4.78 is 5.23. The third-order valence-corrected chi connectivity index (χ3v) is 6.39. The topological polar surface area (TPSA) is 52.1 Å². The summed E-state index contributed by atoms with van der Waals surface area (Å²) in [5.74, 6) is 0.943. The number of thiophene rings is 1. The van der Waals surface area contributed by atoms with E-state index in [0.29, 0.717) is 12.1 Å². The van der Waals surface area contributed by atoms with Gasteiger partial charge in [0.1, 0.15) is 0 Å². The number of likely N-dealkylation sites (tertiary alicyclic amines) is 1. The highest BCUT2D eigenvalue weighted by molar-refractivity contribution is 7.14. The highest BCUT2D eigenvalue weighted by Crippen LogP contribution is 2.24. The molecule has 0 amide bonds. The molecule has 1 aromatic heterocycles. The number of piperidine rings is 1. The number of methoxy groups -OCH3 is 1. The van der Waals surface area contributed by atoms with E-state index in [0.717, 1.165) is 51.6 Å². The summed E-state index contributed by atoms with van der Waals surface area (Å²) in [6.45, 7) is 6.20. The minimum absolute atomic E-state index is 0.505. The van der Waals surface area contributed by atoms with Crippen molar-refractivity contribution in [2.75, 3.05) is 58.4 Å². The second-order valence-corrected chi connectivity index (χ2v) is 8.06. The highest BCUT2D eigenvalue weighted by Gasteiger charge is 2.25. The number of hydrogen-bond acceptors (Lipinski definition) is 5. The normalized spacial score (nSPS) is 22.8. The average molecular weight is 380 g/mol. The third-order valence-electron chi connectivity index (χ3n) is 5.46. The maximum Gasteiger partial charge on any atom is 0.191 e. The first-order valence-electron chi connectivity index (χ1n) is 9.78. The maximum absolute atomic E-state index is 5.23. The molecule has 3 heterocycles. The quantitative estimate of drug-likeness (QED) is 0.561. The Labute approximate surface area is 161 Å². The zero-order valence-corrected chi connectivity index (χ0v) is 16.9. The van der Waals surface area contributed by atoms with Crippen LogP contribution in [0.15, 0.2) is 22.5 Å².